The van der Waals surface area contributed by atoms with E-state index in [9.17, 15) is 4.79 Å². The molecule has 5 nitrogen and oxygen atoms in total. The summed E-state index contributed by atoms with van der Waals surface area (Å²) in [4.78, 5) is 20.1. The fourth-order valence-corrected chi connectivity index (χ4v) is 2.73. The molecule has 6 heteroatoms. The Hall–Kier alpha value is -1.95. The van der Waals surface area contributed by atoms with E-state index in [1.54, 1.807) is 11.3 Å². The molecule has 0 aliphatic rings. The van der Waals surface area contributed by atoms with Crippen LogP contribution in [0.5, 0.6) is 0 Å². The molecule has 2 heterocycles. The Morgan fingerprint density at radius 1 is 1.47 bits per heavy atom. The summed E-state index contributed by atoms with van der Waals surface area (Å²) in [5, 5.41) is 14.3. The molecule has 0 radical (unpaired) electrons. The molecule has 19 heavy (non-hydrogen) atoms. The number of carboxylic acid groups (broad SMARTS) is 1. The number of hydrogen-bond donors (Lipinski definition) is 2. The highest BCUT2D eigenvalue weighted by Gasteiger charge is 2.20. The smallest absolute Gasteiger partial charge is 0.341 e. The molecule has 0 aromatic carbocycles. The Balaban J connectivity index is 2.30. The fourth-order valence-electron chi connectivity index (χ4n) is 1.78. The molecule has 2 aromatic rings. The molecule has 2 rings (SSSR count). The van der Waals surface area contributed by atoms with E-state index in [0.717, 1.165) is 4.88 Å². The first-order valence-corrected chi connectivity index (χ1v) is 6.80. The molecule has 2 aromatic heterocycles. The molecule has 0 saturated carbocycles. The van der Waals surface area contributed by atoms with Crippen molar-refractivity contribution >= 4 is 23.1 Å². The van der Waals surface area contributed by atoms with Gasteiger partial charge in [0.2, 0.25) is 0 Å². The van der Waals surface area contributed by atoms with Crippen LogP contribution in [0.2, 0.25) is 0 Å². The van der Waals surface area contributed by atoms with Gasteiger partial charge in [-0.2, -0.15) is 0 Å². The van der Waals surface area contributed by atoms with Crippen LogP contribution in [-0.4, -0.2) is 21.0 Å². The topological polar surface area (TPSA) is 75.1 Å². The Bertz CT molecular complexity index is 555. The number of thiophene rings is 1. The first-order valence-electron chi connectivity index (χ1n) is 5.93. The van der Waals surface area contributed by atoms with E-state index in [1.165, 1.54) is 12.5 Å². The second-order valence-corrected chi connectivity index (χ2v) is 5.45. The number of hydrogen-bond acceptors (Lipinski definition) is 5. The lowest BCUT2D eigenvalue weighted by molar-refractivity contribution is 0.0697. The van der Waals surface area contributed by atoms with Gasteiger partial charge in [0.05, 0.1) is 6.04 Å². The van der Waals surface area contributed by atoms with Crippen molar-refractivity contribution in [2.45, 2.75) is 19.9 Å². The third-order valence-electron chi connectivity index (χ3n) is 2.75. The maximum Gasteiger partial charge on any atom is 0.341 e. The quantitative estimate of drug-likeness (QED) is 0.878. The summed E-state index contributed by atoms with van der Waals surface area (Å²) >= 11 is 1.64. The molecule has 2 N–H and O–H groups in total. The van der Waals surface area contributed by atoms with Crippen LogP contribution in [0.3, 0.4) is 0 Å². The Morgan fingerprint density at radius 2 is 2.26 bits per heavy atom. The van der Waals surface area contributed by atoms with Gasteiger partial charge in [-0.05, 0) is 17.4 Å². The monoisotopic (exact) mass is 277 g/mol. The highest BCUT2D eigenvalue weighted by molar-refractivity contribution is 7.10. The normalized spacial score (nSPS) is 12.4. The van der Waals surface area contributed by atoms with Crippen LogP contribution in [0.15, 0.2) is 30.0 Å². The maximum absolute atomic E-state index is 11.1. The van der Waals surface area contributed by atoms with Crippen LogP contribution in [0, 0.1) is 5.92 Å². The van der Waals surface area contributed by atoms with Crippen LogP contribution in [-0.2, 0) is 0 Å². The predicted octanol–water partition coefficient (Wildman–Crippen LogP) is 3.05. The lowest BCUT2D eigenvalue weighted by atomic mass is 10.0. The Morgan fingerprint density at radius 3 is 2.84 bits per heavy atom. The van der Waals surface area contributed by atoms with Crippen molar-refractivity contribution in [2.24, 2.45) is 5.92 Å². The zero-order valence-electron chi connectivity index (χ0n) is 10.7. The summed E-state index contributed by atoms with van der Waals surface area (Å²) in [6.45, 7) is 4.16. The van der Waals surface area contributed by atoms with Gasteiger partial charge >= 0.3 is 5.97 Å². The number of anilines is 1. The molecule has 0 amide bonds. The molecular weight excluding hydrogens is 262 g/mol. The summed E-state index contributed by atoms with van der Waals surface area (Å²) in [6.07, 6.45) is 2.66. The summed E-state index contributed by atoms with van der Waals surface area (Å²) in [5.41, 5.74) is 0.0877. The molecule has 1 atom stereocenters. The van der Waals surface area contributed by atoms with Crippen LogP contribution >= 0.6 is 11.3 Å². The second-order valence-electron chi connectivity index (χ2n) is 4.47. The summed E-state index contributed by atoms with van der Waals surface area (Å²) < 4.78 is 0. The van der Waals surface area contributed by atoms with Crippen molar-refractivity contribution in [2.75, 3.05) is 5.32 Å². The fraction of sp³-hybridized carbons (Fsp3) is 0.308. The molecule has 0 saturated heterocycles. The van der Waals surface area contributed by atoms with Crippen LogP contribution in [0.4, 0.5) is 5.82 Å². The molecule has 100 valence electrons. The van der Waals surface area contributed by atoms with E-state index in [4.69, 9.17) is 5.11 Å². The van der Waals surface area contributed by atoms with E-state index in [-0.39, 0.29) is 11.6 Å². The van der Waals surface area contributed by atoms with Crippen molar-refractivity contribution in [3.63, 3.8) is 0 Å². The van der Waals surface area contributed by atoms with Gasteiger partial charge < -0.3 is 10.4 Å². The average molecular weight is 277 g/mol. The molecular formula is C13H15N3O2S. The Kier molecular flexibility index (Phi) is 4.11. The zero-order chi connectivity index (χ0) is 13.8. The number of aromatic carboxylic acids is 1. The molecule has 0 aliphatic heterocycles. The molecule has 0 fully saturated rings. The van der Waals surface area contributed by atoms with Gasteiger partial charge in [-0.15, -0.1) is 11.3 Å². The van der Waals surface area contributed by atoms with Gasteiger partial charge in [0.25, 0.3) is 0 Å². The van der Waals surface area contributed by atoms with Gasteiger partial charge in [-0.25, -0.2) is 14.8 Å². The maximum atomic E-state index is 11.1. The van der Waals surface area contributed by atoms with E-state index >= 15 is 0 Å². The van der Waals surface area contributed by atoms with Crippen LogP contribution in [0.1, 0.15) is 35.1 Å². The minimum Gasteiger partial charge on any atom is -0.477 e. The lowest BCUT2D eigenvalue weighted by Gasteiger charge is -2.22. The first-order chi connectivity index (χ1) is 9.09. The summed E-state index contributed by atoms with van der Waals surface area (Å²) in [5.74, 6) is -0.360. The third-order valence-corrected chi connectivity index (χ3v) is 3.71. The second kappa shape index (κ2) is 5.79. The van der Waals surface area contributed by atoms with Crippen molar-refractivity contribution < 1.29 is 9.90 Å². The van der Waals surface area contributed by atoms with Gasteiger partial charge in [0, 0.05) is 11.1 Å². The minimum atomic E-state index is -1.03. The molecule has 0 spiro atoms. The number of aromatic nitrogens is 2. The van der Waals surface area contributed by atoms with Gasteiger partial charge in [-0.1, -0.05) is 19.9 Å². The van der Waals surface area contributed by atoms with E-state index in [1.807, 2.05) is 17.5 Å². The number of carboxylic acids is 1. The van der Waals surface area contributed by atoms with E-state index in [2.05, 4.69) is 29.1 Å². The highest BCUT2D eigenvalue weighted by Crippen LogP contribution is 2.29. The van der Waals surface area contributed by atoms with Crippen molar-refractivity contribution in [1.29, 1.82) is 0 Å². The predicted molar refractivity (Wildman–Crippen MR) is 74.5 cm³/mol. The van der Waals surface area contributed by atoms with Crippen molar-refractivity contribution in [1.82, 2.24) is 9.97 Å². The number of rotatable bonds is 5. The summed E-state index contributed by atoms with van der Waals surface area (Å²) in [6, 6.07) is 4.05. The standard InChI is InChI=1S/C13H15N3O2S/c1-8(2)11(10-4-3-5-19-10)16-12-9(13(17)18)6-14-7-15-12/h3-8,11H,1-2H3,(H,17,18)(H,14,15,16). The minimum absolute atomic E-state index is 0.0352. The summed E-state index contributed by atoms with van der Waals surface area (Å²) in [7, 11) is 0. The molecule has 0 bridgehead atoms. The van der Waals surface area contributed by atoms with Crippen molar-refractivity contribution in [3.8, 4) is 0 Å². The van der Waals surface area contributed by atoms with Crippen molar-refractivity contribution in [3.05, 3.63) is 40.5 Å². The highest BCUT2D eigenvalue weighted by atomic mass is 32.1. The van der Waals surface area contributed by atoms with Crippen LogP contribution < -0.4 is 5.32 Å². The van der Waals surface area contributed by atoms with Gasteiger partial charge in [0.15, 0.2) is 0 Å². The number of nitrogens with zero attached hydrogens (tertiary/aromatic N) is 2. The zero-order valence-corrected chi connectivity index (χ0v) is 11.5. The van der Waals surface area contributed by atoms with E-state index < -0.39 is 5.97 Å². The molecule has 0 aliphatic carbocycles. The third kappa shape index (κ3) is 3.08. The van der Waals surface area contributed by atoms with Gasteiger partial charge in [-0.3, -0.25) is 0 Å². The Labute approximate surface area is 115 Å². The SMILES string of the molecule is CC(C)C(Nc1ncncc1C(=O)O)c1cccs1. The average Bonchev–Trinajstić information content (AvgIpc) is 2.89. The first kappa shape index (κ1) is 13.5. The van der Waals surface area contributed by atoms with Gasteiger partial charge in [0.1, 0.15) is 17.7 Å². The molecule has 1 unspecified atom stereocenters. The number of carbonyl (C=O) groups is 1. The van der Waals surface area contributed by atoms with E-state index in [0.29, 0.717) is 11.7 Å². The van der Waals surface area contributed by atoms with Crippen LogP contribution in [0.25, 0.3) is 0 Å². The lowest BCUT2D eigenvalue weighted by Crippen LogP contribution is -2.18. The largest absolute Gasteiger partial charge is 0.477 e. The number of nitrogens with one attached hydrogen (secondary N) is 1.